The van der Waals surface area contributed by atoms with Crippen molar-refractivity contribution < 1.29 is 57.5 Å². The van der Waals surface area contributed by atoms with E-state index in [9.17, 15) is 52.7 Å². The van der Waals surface area contributed by atoms with Gasteiger partial charge in [-0.3, -0.25) is 63.9 Å². The Morgan fingerprint density at radius 1 is 0.535 bits per heavy atom. The van der Waals surface area contributed by atoms with Crippen molar-refractivity contribution in [3.63, 3.8) is 0 Å². The quantitative estimate of drug-likeness (QED) is 0.121. The number of ether oxygens (including phenoxy) is 1. The summed E-state index contributed by atoms with van der Waals surface area (Å²) in [7, 11) is 0. The van der Waals surface area contributed by atoms with Gasteiger partial charge in [0.2, 0.25) is 35.4 Å². The summed E-state index contributed by atoms with van der Waals surface area (Å²) in [5, 5.41) is 20.8. The molecule has 12 rings (SSSR count). The number of halogens is 1. The van der Waals surface area contributed by atoms with Gasteiger partial charge in [0.1, 0.15) is 29.5 Å². The van der Waals surface area contributed by atoms with Crippen LogP contribution in [-0.4, -0.2) is 160 Å². The van der Waals surface area contributed by atoms with Crippen LogP contribution in [0.5, 0.6) is 0 Å². The molecule has 6 fully saturated rings. The second-order valence-electron chi connectivity index (χ2n) is 23.1. The third kappa shape index (κ3) is 15.9. The van der Waals surface area contributed by atoms with Gasteiger partial charge in [-0.2, -0.15) is 0 Å². The summed E-state index contributed by atoms with van der Waals surface area (Å²) in [6.45, 7) is 11.6. The highest BCUT2D eigenvalue weighted by atomic mass is 35.5. The van der Waals surface area contributed by atoms with E-state index in [-0.39, 0.29) is 90.8 Å². The molecule has 10 N–H and O–H groups in total. The number of carbonyl (C=O) groups is 11. The van der Waals surface area contributed by atoms with Crippen molar-refractivity contribution in [1.82, 2.24) is 46.2 Å². The Morgan fingerprint density at radius 2 is 0.884 bits per heavy atom. The highest BCUT2D eigenvalue weighted by molar-refractivity contribution is 7.45. The lowest BCUT2D eigenvalue weighted by atomic mass is 10.0. The minimum Gasteiger partial charge on any atom is -0.444 e. The van der Waals surface area contributed by atoms with Crippen LogP contribution in [0.15, 0.2) is 54.6 Å². The Bertz CT molecular complexity index is 2980. The summed E-state index contributed by atoms with van der Waals surface area (Å²) < 4.78 is 10.5. The number of likely N-dealkylation sites (tertiary alicyclic amines) is 1. The van der Waals surface area contributed by atoms with Crippen LogP contribution in [0.25, 0.3) is 0 Å². The Kier molecular flexibility index (Phi) is 22.5. The van der Waals surface area contributed by atoms with E-state index in [1.807, 2.05) is 57.2 Å². The van der Waals surface area contributed by atoms with E-state index in [4.69, 9.17) is 15.3 Å². The van der Waals surface area contributed by atoms with Crippen LogP contribution in [0.1, 0.15) is 146 Å². The molecule has 25 nitrogen and oxygen atoms in total. The minimum atomic E-state index is -0.586. The first-order valence-electron chi connectivity index (χ1n) is 28.9. The third-order valence-corrected chi connectivity index (χ3v) is 16.2. The number of carbonyl (C=O) groups excluding carboxylic acids is 11. The second kappa shape index (κ2) is 29.4. The van der Waals surface area contributed by atoms with Gasteiger partial charge >= 0.3 is 6.09 Å². The van der Waals surface area contributed by atoms with E-state index >= 15 is 0 Å². The minimum absolute atomic E-state index is 0. The molecule has 3 unspecified atom stereocenters. The zero-order valence-electron chi connectivity index (χ0n) is 48.5. The predicted molar refractivity (Wildman–Crippen MR) is 320 cm³/mol. The molecular formula is C59H76ClN13O12S. The van der Waals surface area contributed by atoms with E-state index in [1.54, 1.807) is 32.9 Å². The van der Waals surface area contributed by atoms with Crippen LogP contribution in [0, 0.1) is 4.78 Å². The Morgan fingerprint density at radius 3 is 1.23 bits per heavy atom. The Labute approximate surface area is 510 Å². The van der Waals surface area contributed by atoms with Gasteiger partial charge in [-0.1, -0.05) is 18.2 Å². The van der Waals surface area contributed by atoms with Crippen LogP contribution in [-0.2, 0) is 70.4 Å². The average Bonchev–Trinajstić information content (AvgIpc) is 1.92. The van der Waals surface area contributed by atoms with E-state index in [0.717, 1.165) is 79.9 Å². The molecule has 3 atom stereocenters. The van der Waals surface area contributed by atoms with Gasteiger partial charge in [0.25, 0.3) is 17.7 Å². The lowest BCUT2D eigenvalue weighted by Crippen LogP contribution is -2.52. The fourth-order valence-electron chi connectivity index (χ4n) is 11.7. The van der Waals surface area contributed by atoms with Crippen LogP contribution < -0.4 is 43.0 Å². The molecule has 9 aliphatic rings. The Hall–Kier alpha value is -7.94. The molecule has 9 heterocycles. The van der Waals surface area contributed by atoms with E-state index in [2.05, 4.69) is 49.6 Å². The number of ketones is 1. The number of fused-ring (bicyclic) bond motifs is 3. The highest BCUT2D eigenvalue weighted by Gasteiger charge is 2.43. The topological polar surface area (TPSA) is 344 Å². The molecule has 0 bridgehead atoms. The first-order valence-corrected chi connectivity index (χ1v) is 29.3. The lowest BCUT2D eigenvalue weighted by molar-refractivity contribution is -0.138. The number of hydrogen-bond acceptors (Lipinski definition) is 19. The molecule has 3 aromatic carbocycles. The van der Waals surface area contributed by atoms with Crippen molar-refractivity contribution in [3.8, 4) is 0 Å². The number of amides is 10. The summed E-state index contributed by atoms with van der Waals surface area (Å²) >= 11 is 3.33. The summed E-state index contributed by atoms with van der Waals surface area (Å²) in [5.74, 6) is -2.19. The van der Waals surface area contributed by atoms with Crippen LogP contribution in [0.2, 0.25) is 0 Å². The molecule has 0 spiro atoms. The maximum Gasteiger partial charge on any atom is 0.410 e. The van der Waals surface area contributed by atoms with Gasteiger partial charge in [0.15, 0.2) is 0 Å². The molecule has 0 aliphatic carbocycles. The maximum atomic E-state index is 12.8. The molecule has 0 saturated carbocycles. The first-order chi connectivity index (χ1) is 40.7. The molecule has 9 aliphatic heterocycles. The van der Waals surface area contributed by atoms with Crippen molar-refractivity contribution in [3.05, 3.63) is 88.0 Å². The maximum absolute atomic E-state index is 12.8. The number of imide groups is 3. The largest absolute Gasteiger partial charge is 0.444 e. The van der Waals surface area contributed by atoms with E-state index in [1.165, 1.54) is 4.90 Å². The molecule has 0 radical (unpaired) electrons. The predicted octanol–water partition coefficient (Wildman–Crippen LogP) is 3.56. The Balaban J connectivity index is 0.000000165. The fourth-order valence-corrected chi connectivity index (χ4v) is 11.7. The van der Waals surface area contributed by atoms with Crippen molar-refractivity contribution in [2.75, 3.05) is 55.6 Å². The number of anilines is 3. The molecule has 462 valence electrons. The second-order valence-corrected chi connectivity index (χ2v) is 23.1. The number of nitrogens with one attached hydrogen (secondary N) is 8. The number of rotatable bonds is 7. The summed E-state index contributed by atoms with van der Waals surface area (Å²) in [6, 6.07) is 15.6. The zero-order valence-corrected chi connectivity index (χ0v) is 50.1. The molecule has 6 saturated heterocycles. The van der Waals surface area contributed by atoms with E-state index < -0.39 is 29.6 Å². The molecule has 27 heteroatoms. The molecular weight excluding hydrogens is 1150 g/mol. The van der Waals surface area contributed by atoms with Crippen molar-refractivity contribution in [1.29, 1.82) is 4.78 Å². The standard InChI is InChI=1S/2C18H22N4O3.C13H13N3O3.C10H17NO3.ClH.HNS/c2*23-16-5-4-15(17(24)21-16)22-10-13-12(18(22)25)2-1-3-14(13)20-11-6-8-19-9-7-11;14-9-3-1-2-7-8(9)6-16(13(7)19)10-4-5-11(17)15-12(10)18;1-10(2,3)14-9(13)11-6-4-8(12)5-7-11;;1-2/h2*1-3,11,15,19-20H,4-10H2,(H,21,23,24);1-3,10H,4-6,14H2,(H,15,17,18);4-7H2,1-3H3;1H;1H. The van der Waals surface area contributed by atoms with E-state index in [0.29, 0.717) is 99.3 Å². The van der Waals surface area contributed by atoms with Gasteiger partial charge in [-0.25, -0.2) is 9.57 Å². The molecule has 0 aromatic heterocycles. The number of piperidine rings is 6. The monoisotopic (exact) mass is 1230 g/mol. The summed E-state index contributed by atoms with van der Waals surface area (Å²) in [4.78, 5) is 137. The molecule has 10 amide bonds. The lowest BCUT2D eigenvalue weighted by Gasteiger charge is -2.29. The number of nitrogens with two attached hydrogens (primary N) is 1. The smallest absolute Gasteiger partial charge is 0.410 e. The third-order valence-electron chi connectivity index (χ3n) is 16.2. The van der Waals surface area contributed by atoms with Crippen molar-refractivity contribution in [2.24, 2.45) is 0 Å². The first kappa shape index (κ1) is 65.6. The number of nitrogens with zero attached hydrogens (tertiary/aromatic N) is 4. The average molecular weight is 1230 g/mol. The summed E-state index contributed by atoms with van der Waals surface area (Å²) in [5.41, 5.74) is 12.4. The highest BCUT2D eigenvalue weighted by Crippen LogP contribution is 2.36. The van der Waals surface area contributed by atoms with Crippen molar-refractivity contribution >= 4 is 107 Å². The number of benzene rings is 3. The van der Waals surface area contributed by atoms with Crippen LogP contribution >= 0.6 is 12.4 Å². The summed E-state index contributed by atoms with van der Waals surface area (Å²) in [6.07, 6.45) is 6.75. The van der Waals surface area contributed by atoms with Crippen LogP contribution in [0.3, 0.4) is 0 Å². The molecule has 86 heavy (non-hydrogen) atoms. The SMILES string of the molecule is CC(C)(C)OC(=O)N1CCC(=O)CC1.Cl.N=S.Nc1cccc2c1CN(C1CCC(=O)NC1=O)C2=O.O=C1CCC(N2Cc3c(NC4CCNCC4)cccc3C2=O)C(=O)N1.O=C1CCC(N2Cc3c(NC4CCNCC4)cccc3C2=O)C(=O)N1. The van der Waals surface area contributed by atoms with Gasteiger partial charge in [-0.05, 0) is 128 Å². The van der Waals surface area contributed by atoms with Gasteiger partial charge in [0, 0.05) is 140 Å². The molecule has 3 aromatic rings. The fraction of sp³-hybridized carbons (Fsp3) is 0.508. The van der Waals surface area contributed by atoms with Gasteiger partial charge < -0.3 is 51.3 Å². The van der Waals surface area contributed by atoms with Crippen LogP contribution in [0.4, 0.5) is 21.9 Å². The zero-order chi connectivity index (χ0) is 61.1. The number of Topliss-reactive ketones (excluding diaryl/α,β-unsaturated/α-hetero) is 1. The normalized spacial score (nSPS) is 22.1. The van der Waals surface area contributed by atoms with Gasteiger partial charge in [0.05, 0.1) is 0 Å². The number of nitrogen functional groups attached to an aromatic ring is 1. The van der Waals surface area contributed by atoms with Gasteiger partial charge in [-0.15, -0.1) is 12.4 Å². The number of hydrogen-bond donors (Lipinski definition) is 9. The van der Waals surface area contributed by atoms with Crippen molar-refractivity contribution in [2.45, 2.75) is 153 Å².